The molecule has 0 saturated carbocycles. The number of nitrogens with zero attached hydrogens (tertiary/aromatic N) is 1. The number of hydrogen-bond donors (Lipinski definition) is 0. The van der Waals surface area contributed by atoms with Crippen molar-refractivity contribution in [3.8, 4) is 11.5 Å². The van der Waals surface area contributed by atoms with E-state index < -0.39 is 36.8 Å². The topological polar surface area (TPSA) is 99.2 Å². The van der Waals surface area contributed by atoms with E-state index in [1.165, 1.54) is 42.8 Å². The number of alkyl halides is 3. The molecule has 0 saturated heterocycles. The third-order valence-electron chi connectivity index (χ3n) is 6.14. The maximum Gasteiger partial charge on any atom is 0.416 e. The molecule has 13 heteroatoms. The van der Waals surface area contributed by atoms with Crippen LogP contribution in [0.25, 0.3) is 10.8 Å². The molecular weight excluding hydrogens is 583 g/mol. The van der Waals surface area contributed by atoms with Crippen LogP contribution in [0.15, 0.2) is 94.7 Å². The standard InChI is InChI=1S/C28H26F3NO7S2/c1-37-15-14-32(40(33,34)24-12-11-21-6-3-4-7-22(21)17-24)19-20-10-13-26(38-2)27(16-20)39-41(35,36)25-9-5-8-23(18-25)28(29,30)31/h3-13,16-18H,14-15,19H2,1-2H3. The number of methoxy groups -OCH3 is 2. The molecule has 0 atom stereocenters. The Balaban J connectivity index is 1.67. The molecule has 0 bridgehead atoms. The van der Waals surface area contributed by atoms with Crippen molar-refractivity contribution in [2.75, 3.05) is 27.4 Å². The highest BCUT2D eigenvalue weighted by atomic mass is 32.2. The zero-order valence-corrected chi connectivity index (χ0v) is 23.6. The zero-order valence-electron chi connectivity index (χ0n) is 22.0. The first-order valence-corrected chi connectivity index (χ1v) is 15.0. The third-order valence-corrected chi connectivity index (χ3v) is 9.21. The second kappa shape index (κ2) is 12.1. The largest absolute Gasteiger partial charge is 0.493 e. The van der Waals surface area contributed by atoms with E-state index in [1.807, 2.05) is 12.1 Å². The summed E-state index contributed by atoms with van der Waals surface area (Å²) in [5.74, 6) is -0.345. The Morgan fingerprint density at radius 3 is 2.17 bits per heavy atom. The number of ether oxygens (including phenoxy) is 2. The molecule has 0 aromatic heterocycles. The lowest BCUT2D eigenvalue weighted by atomic mass is 10.1. The van der Waals surface area contributed by atoms with Crippen LogP contribution in [-0.4, -0.2) is 48.5 Å². The summed E-state index contributed by atoms with van der Waals surface area (Å²) in [6.07, 6.45) is -4.76. The summed E-state index contributed by atoms with van der Waals surface area (Å²) < 4.78 is 109. The van der Waals surface area contributed by atoms with Crippen LogP contribution in [0.5, 0.6) is 11.5 Å². The Hall–Kier alpha value is -3.65. The zero-order chi connectivity index (χ0) is 29.8. The SMILES string of the molecule is COCCN(Cc1ccc(OC)c(OS(=O)(=O)c2cccc(C(F)(F)F)c2)c1)S(=O)(=O)c1ccc2ccccc2c1. The van der Waals surface area contributed by atoms with Crippen molar-refractivity contribution in [1.82, 2.24) is 4.31 Å². The molecule has 0 amide bonds. The van der Waals surface area contributed by atoms with Gasteiger partial charge in [-0.3, -0.25) is 0 Å². The molecule has 218 valence electrons. The van der Waals surface area contributed by atoms with E-state index in [0.29, 0.717) is 11.6 Å². The van der Waals surface area contributed by atoms with Crippen molar-refractivity contribution in [3.05, 3.63) is 96.1 Å². The van der Waals surface area contributed by atoms with Crippen LogP contribution in [0.2, 0.25) is 0 Å². The fourth-order valence-electron chi connectivity index (χ4n) is 4.04. The van der Waals surface area contributed by atoms with Crippen molar-refractivity contribution in [3.63, 3.8) is 0 Å². The van der Waals surface area contributed by atoms with Crippen LogP contribution >= 0.6 is 0 Å². The minimum atomic E-state index is -4.76. The molecular formula is C28H26F3NO7S2. The molecule has 4 aromatic carbocycles. The van der Waals surface area contributed by atoms with Gasteiger partial charge >= 0.3 is 16.3 Å². The van der Waals surface area contributed by atoms with Crippen LogP contribution in [0.1, 0.15) is 11.1 Å². The van der Waals surface area contributed by atoms with Gasteiger partial charge in [0, 0.05) is 20.2 Å². The van der Waals surface area contributed by atoms with Gasteiger partial charge in [0.2, 0.25) is 10.0 Å². The highest BCUT2D eigenvalue weighted by Gasteiger charge is 2.32. The van der Waals surface area contributed by atoms with Gasteiger partial charge in [0.05, 0.1) is 24.2 Å². The Labute approximate surface area is 236 Å². The van der Waals surface area contributed by atoms with Crippen molar-refractivity contribution in [1.29, 1.82) is 0 Å². The minimum Gasteiger partial charge on any atom is -0.493 e. The van der Waals surface area contributed by atoms with Crippen LogP contribution in [0.3, 0.4) is 0 Å². The van der Waals surface area contributed by atoms with E-state index in [9.17, 15) is 30.0 Å². The highest BCUT2D eigenvalue weighted by Crippen LogP contribution is 2.34. The summed E-state index contributed by atoms with van der Waals surface area (Å²) in [6, 6.07) is 19.4. The summed E-state index contributed by atoms with van der Waals surface area (Å²) in [5.41, 5.74) is -0.823. The molecule has 8 nitrogen and oxygen atoms in total. The van der Waals surface area contributed by atoms with Gasteiger partial charge in [0.1, 0.15) is 4.90 Å². The Morgan fingerprint density at radius 1 is 0.756 bits per heavy atom. The molecule has 0 aliphatic carbocycles. The second-order valence-electron chi connectivity index (χ2n) is 8.89. The second-order valence-corrected chi connectivity index (χ2v) is 12.4. The fraction of sp³-hybridized carbons (Fsp3) is 0.214. The summed E-state index contributed by atoms with van der Waals surface area (Å²) >= 11 is 0. The van der Waals surface area contributed by atoms with Crippen molar-refractivity contribution >= 4 is 30.9 Å². The van der Waals surface area contributed by atoms with Crippen LogP contribution in [0.4, 0.5) is 13.2 Å². The fourth-order valence-corrected chi connectivity index (χ4v) is 6.46. The van der Waals surface area contributed by atoms with Gasteiger partial charge in [0.25, 0.3) is 0 Å². The number of sulfonamides is 1. The predicted molar refractivity (Wildman–Crippen MR) is 146 cm³/mol. The summed E-state index contributed by atoms with van der Waals surface area (Å²) in [5, 5.41) is 1.61. The Bertz CT molecular complexity index is 1760. The smallest absolute Gasteiger partial charge is 0.416 e. The predicted octanol–water partition coefficient (Wildman–Crippen LogP) is 5.47. The van der Waals surface area contributed by atoms with Gasteiger partial charge in [-0.05, 0) is 58.8 Å². The van der Waals surface area contributed by atoms with Gasteiger partial charge < -0.3 is 13.7 Å². The van der Waals surface area contributed by atoms with E-state index in [4.69, 9.17) is 13.7 Å². The van der Waals surface area contributed by atoms with Gasteiger partial charge in [-0.2, -0.15) is 25.9 Å². The monoisotopic (exact) mass is 609 g/mol. The Morgan fingerprint density at radius 2 is 1.49 bits per heavy atom. The maximum atomic E-state index is 13.6. The van der Waals surface area contributed by atoms with Crippen molar-refractivity contribution < 1.29 is 43.7 Å². The average Bonchev–Trinajstić information content (AvgIpc) is 2.94. The van der Waals surface area contributed by atoms with E-state index in [-0.39, 0.29) is 36.1 Å². The number of benzene rings is 4. The minimum absolute atomic E-state index is 0.0174. The first-order chi connectivity index (χ1) is 19.3. The quantitative estimate of drug-likeness (QED) is 0.208. The Kier molecular flexibility index (Phi) is 8.92. The van der Waals surface area contributed by atoms with Gasteiger partial charge in [-0.15, -0.1) is 0 Å². The molecule has 0 fully saturated rings. The van der Waals surface area contributed by atoms with Crippen LogP contribution in [0, 0.1) is 0 Å². The molecule has 0 radical (unpaired) electrons. The summed E-state index contributed by atoms with van der Waals surface area (Å²) in [6.45, 7) is -0.130. The van der Waals surface area contributed by atoms with Gasteiger partial charge in [0.15, 0.2) is 11.5 Å². The molecule has 0 spiro atoms. The summed E-state index contributed by atoms with van der Waals surface area (Å²) in [7, 11) is -6.06. The van der Waals surface area contributed by atoms with E-state index in [0.717, 1.165) is 29.0 Å². The number of fused-ring (bicyclic) bond motifs is 1. The van der Waals surface area contributed by atoms with Gasteiger partial charge in [-0.25, -0.2) is 8.42 Å². The van der Waals surface area contributed by atoms with Gasteiger partial charge in [-0.1, -0.05) is 42.5 Å². The molecule has 0 N–H and O–H groups in total. The lowest BCUT2D eigenvalue weighted by molar-refractivity contribution is -0.137. The van der Waals surface area contributed by atoms with Crippen LogP contribution in [-0.2, 0) is 37.6 Å². The molecule has 0 aliphatic rings. The molecule has 0 aliphatic heterocycles. The number of halogens is 3. The summed E-state index contributed by atoms with van der Waals surface area (Å²) in [4.78, 5) is -0.648. The molecule has 41 heavy (non-hydrogen) atoms. The number of hydrogen-bond acceptors (Lipinski definition) is 7. The molecule has 4 rings (SSSR count). The molecule has 4 aromatic rings. The average molecular weight is 610 g/mol. The first kappa shape index (κ1) is 30.3. The van der Waals surface area contributed by atoms with E-state index in [2.05, 4.69) is 0 Å². The highest BCUT2D eigenvalue weighted by molar-refractivity contribution is 7.89. The maximum absolute atomic E-state index is 13.6. The van der Waals surface area contributed by atoms with Crippen molar-refractivity contribution in [2.24, 2.45) is 0 Å². The first-order valence-electron chi connectivity index (χ1n) is 12.1. The lowest BCUT2D eigenvalue weighted by Crippen LogP contribution is -2.33. The number of rotatable bonds is 11. The van der Waals surface area contributed by atoms with E-state index in [1.54, 1.807) is 24.3 Å². The lowest BCUT2D eigenvalue weighted by Gasteiger charge is -2.23. The third kappa shape index (κ3) is 6.99. The molecule has 0 heterocycles. The molecule has 0 unspecified atom stereocenters. The van der Waals surface area contributed by atoms with Crippen molar-refractivity contribution in [2.45, 2.75) is 22.5 Å². The normalized spacial score (nSPS) is 12.5. The van der Waals surface area contributed by atoms with Crippen LogP contribution < -0.4 is 8.92 Å². The van der Waals surface area contributed by atoms with E-state index >= 15 is 0 Å².